The zero-order chi connectivity index (χ0) is 13.8. The highest BCUT2D eigenvalue weighted by Gasteiger charge is 2.08. The predicted molar refractivity (Wildman–Crippen MR) is 78.0 cm³/mol. The van der Waals surface area contributed by atoms with Gasteiger partial charge >= 0.3 is 0 Å². The van der Waals surface area contributed by atoms with Gasteiger partial charge in [0.05, 0.1) is 16.5 Å². The molecule has 6 heteroatoms. The third-order valence-corrected chi connectivity index (χ3v) is 3.09. The quantitative estimate of drug-likeness (QED) is 0.921. The number of carbonyl (C=O) groups is 1. The molecule has 1 amide bonds. The Morgan fingerprint density at radius 1 is 1.11 bits per heavy atom. The van der Waals surface area contributed by atoms with Crippen LogP contribution in [-0.4, -0.2) is 10.9 Å². The summed E-state index contributed by atoms with van der Waals surface area (Å²) in [6, 6.07) is 8.57. The van der Waals surface area contributed by atoms with Crippen molar-refractivity contribution < 1.29 is 4.79 Å². The van der Waals surface area contributed by atoms with Crippen LogP contribution in [-0.2, 0) is 11.2 Å². The number of hydrogen-bond acceptors (Lipinski definition) is 2. The largest absolute Gasteiger partial charge is 0.309 e. The molecule has 2 rings (SSSR count). The highest BCUT2D eigenvalue weighted by Crippen LogP contribution is 2.22. The zero-order valence-electron chi connectivity index (χ0n) is 9.66. The summed E-state index contributed by atoms with van der Waals surface area (Å²) in [5.74, 6) is 0.0871. The van der Waals surface area contributed by atoms with Crippen molar-refractivity contribution in [3.63, 3.8) is 0 Å². The van der Waals surface area contributed by atoms with Gasteiger partial charge in [-0.15, -0.1) is 0 Å². The van der Waals surface area contributed by atoms with Crippen molar-refractivity contribution in [2.75, 3.05) is 5.32 Å². The molecule has 0 spiro atoms. The topological polar surface area (TPSA) is 42.0 Å². The molecule has 3 nitrogen and oxygen atoms in total. The molecule has 1 N–H and O–H groups in total. The van der Waals surface area contributed by atoms with Crippen LogP contribution in [0.25, 0.3) is 0 Å². The zero-order valence-corrected chi connectivity index (χ0v) is 11.9. The number of amides is 1. The van der Waals surface area contributed by atoms with E-state index in [0.717, 1.165) is 5.56 Å². The molecule has 0 radical (unpaired) electrons. The minimum atomic E-state index is -0.209. The number of rotatable bonds is 3. The second-order valence-electron chi connectivity index (χ2n) is 3.84. The fraction of sp³-hybridized carbons (Fsp3) is 0.0769. The first kappa shape index (κ1) is 14.1. The van der Waals surface area contributed by atoms with Gasteiger partial charge in [-0.25, -0.2) is 4.98 Å². The van der Waals surface area contributed by atoms with Gasteiger partial charge in [0.1, 0.15) is 0 Å². The van der Waals surface area contributed by atoms with E-state index in [0.29, 0.717) is 20.9 Å². The van der Waals surface area contributed by atoms with Gasteiger partial charge in [-0.3, -0.25) is 4.79 Å². The van der Waals surface area contributed by atoms with Crippen molar-refractivity contribution in [3.8, 4) is 0 Å². The van der Waals surface area contributed by atoms with Gasteiger partial charge in [-0.1, -0.05) is 46.9 Å². The monoisotopic (exact) mass is 314 g/mol. The lowest BCUT2D eigenvalue weighted by Gasteiger charge is -2.06. The maximum Gasteiger partial charge on any atom is 0.229 e. The summed E-state index contributed by atoms with van der Waals surface area (Å²) >= 11 is 17.4. The number of nitrogens with zero attached hydrogens (tertiary/aromatic N) is 1. The summed E-state index contributed by atoms with van der Waals surface area (Å²) < 4.78 is 0. The molecular formula is C13H9Cl3N2O. The van der Waals surface area contributed by atoms with Crippen LogP contribution in [0, 0.1) is 0 Å². The van der Waals surface area contributed by atoms with E-state index in [9.17, 15) is 4.79 Å². The number of pyridine rings is 1. The van der Waals surface area contributed by atoms with Crippen LogP contribution in [0.15, 0.2) is 36.5 Å². The Hall–Kier alpha value is -1.29. The SMILES string of the molecule is O=C(Cc1ccc(Cl)cc1)Nc1ncc(Cl)cc1Cl. The number of anilines is 1. The van der Waals surface area contributed by atoms with Crippen LogP contribution < -0.4 is 5.32 Å². The summed E-state index contributed by atoms with van der Waals surface area (Å²) in [6.07, 6.45) is 1.64. The van der Waals surface area contributed by atoms with Gasteiger partial charge in [0, 0.05) is 11.2 Å². The highest BCUT2D eigenvalue weighted by molar-refractivity contribution is 6.36. The van der Waals surface area contributed by atoms with Crippen molar-refractivity contribution in [2.24, 2.45) is 0 Å². The Bertz CT molecular complexity index is 599. The summed E-state index contributed by atoms with van der Waals surface area (Å²) in [6.45, 7) is 0. The van der Waals surface area contributed by atoms with Gasteiger partial charge in [-0.05, 0) is 23.8 Å². The van der Waals surface area contributed by atoms with Crippen molar-refractivity contribution in [3.05, 3.63) is 57.2 Å². The predicted octanol–water partition coefficient (Wildman–Crippen LogP) is 4.22. The maximum absolute atomic E-state index is 11.8. The Kier molecular flexibility index (Phi) is 4.64. The summed E-state index contributed by atoms with van der Waals surface area (Å²) in [5, 5.41) is 3.98. The lowest BCUT2D eigenvalue weighted by molar-refractivity contribution is -0.115. The first-order valence-corrected chi connectivity index (χ1v) is 6.53. The van der Waals surface area contributed by atoms with Crippen molar-refractivity contribution in [1.29, 1.82) is 0 Å². The number of aromatic nitrogens is 1. The average molecular weight is 316 g/mol. The number of halogens is 3. The van der Waals surface area contributed by atoms with E-state index in [1.165, 1.54) is 12.3 Å². The fourth-order valence-electron chi connectivity index (χ4n) is 1.47. The fourth-order valence-corrected chi connectivity index (χ4v) is 2.02. The van der Waals surface area contributed by atoms with E-state index < -0.39 is 0 Å². The van der Waals surface area contributed by atoms with Crippen molar-refractivity contribution in [1.82, 2.24) is 4.98 Å². The van der Waals surface area contributed by atoms with Gasteiger partial charge in [-0.2, -0.15) is 0 Å². The van der Waals surface area contributed by atoms with Crippen LogP contribution in [0.1, 0.15) is 5.56 Å². The molecule has 1 aromatic carbocycles. The van der Waals surface area contributed by atoms with Crippen LogP contribution >= 0.6 is 34.8 Å². The van der Waals surface area contributed by atoms with E-state index in [1.807, 2.05) is 0 Å². The molecule has 1 heterocycles. The van der Waals surface area contributed by atoms with Crippen molar-refractivity contribution >= 4 is 46.5 Å². The van der Waals surface area contributed by atoms with Gasteiger partial charge < -0.3 is 5.32 Å². The molecule has 19 heavy (non-hydrogen) atoms. The molecule has 0 atom stereocenters. The van der Waals surface area contributed by atoms with Crippen LogP contribution in [0.3, 0.4) is 0 Å². The smallest absolute Gasteiger partial charge is 0.229 e. The van der Waals surface area contributed by atoms with E-state index in [1.54, 1.807) is 24.3 Å². The van der Waals surface area contributed by atoms with Gasteiger partial charge in [0.2, 0.25) is 5.91 Å². The molecule has 0 saturated carbocycles. The third-order valence-electron chi connectivity index (χ3n) is 2.34. The molecule has 0 unspecified atom stereocenters. The second-order valence-corrected chi connectivity index (χ2v) is 5.12. The molecule has 0 bridgehead atoms. The Morgan fingerprint density at radius 2 is 1.79 bits per heavy atom. The molecular weight excluding hydrogens is 307 g/mol. The van der Waals surface area contributed by atoms with Crippen LogP contribution in [0.5, 0.6) is 0 Å². The lowest BCUT2D eigenvalue weighted by atomic mass is 10.1. The van der Waals surface area contributed by atoms with Gasteiger partial charge in [0.15, 0.2) is 5.82 Å². The second kappa shape index (κ2) is 6.24. The molecule has 0 saturated heterocycles. The van der Waals surface area contributed by atoms with Crippen LogP contribution in [0.4, 0.5) is 5.82 Å². The number of benzene rings is 1. The molecule has 1 aromatic heterocycles. The van der Waals surface area contributed by atoms with E-state index >= 15 is 0 Å². The van der Waals surface area contributed by atoms with E-state index in [-0.39, 0.29) is 12.3 Å². The molecule has 0 aliphatic rings. The molecule has 0 aliphatic heterocycles. The standard InChI is InChI=1S/C13H9Cl3N2O/c14-9-3-1-8(2-4-9)5-12(19)18-13-11(16)6-10(15)7-17-13/h1-4,6-7H,5H2,(H,17,18,19). The summed E-state index contributed by atoms with van der Waals surface area (Å²) in [7, 11) is 0. The number of nitrogens with one attached hydrogen (secondary N) is 1. The highest BCUT2D eigenvalue weighted by atomic mass is 35.5. The Balaban J connectivity index is 2.03. The Morgan fingerprint density at radius 3 is 2.42 bits per heavy atom. The van der Waals surface area contributed by atoms with E-state index in [4.69, 9.17) is 34.8 Å². The Labute approximate surface area is 125 Å². The normalized spacial score (nSPS) is 10.3. The molecule has 0 fully saturated rings. The minimum Gasteiger partial charge on any atom is -0.309 e. The summed E-state index contributed by atoms with van der Waals surface area (Å²) in [4.78, 5) is 15.8. The molecule has 2 aromatic rings. The first-order chi connectivity index (χ1) is 9.04. The third kappa shape index (κ3) is 4.10. The van der Waals surface area contributed by atoms with E-state index in [2.05, 4.69) is 10.3 Å². The number of carbonyl (C=O) groups excluding carboxylic acids is 1. The van der Waals surface area contributed by atoms with Crippen molar-refractivity contribution in [2.45, 2.75) is 6.42 Å². The maximum atomic E-state index is 11.8. The molecule has 98 valence electrons. The van der Waals surface area contributed by atoms with Crippen LogP contribution in [0.2, 0.25) is 15.1 Å². The van der Waals surface area contributed by atoms with Gasteiger partial charge in [0.25, 0.3) is 0 Å². The minimum absolute atomic E-state index is 0.209. The summed E-state index contributed by atoms with van der Waals surface area (Å²) in [5.41, 5.74) is 0.854. The average Bonchev–Trinajstić information content (AvgIpc) is 2.36. The first-order valence-electron chi connectivity index (χ1n) is 5.40. The molecule has 0 aliphatic carbocycles. The number of hydrogen-bond donors (Lipinski definition) is 1. The lowest BCUT2D eigenvalue weighted by Crippen LogP contribution is -2.15.